The summed E-state index contributed by atoms with van der Waals surface area (Å²) in [4.78, 5) is 11.2. The van der Waals surface area contributed by atoms with Gasteiger partial charge in [0.25, 0.3) is 0 Å². The molecule has 0 fully saturated rings. The monoisotopic (exact) mass is 297 g/mol. The highest BCUT2D eigenvalue weighted by molar-refractivity contribution is 9.10. The van der Waals surface area contributed by atoms with Gasteiger partial charge in [-0.15, -0.1) is 11.3 Å². The van der Waals surface area contributed by atoms with Crippen molar-refractivity contribution in [1.82, 2.24) is 9.97 Å². The molecule has 0 aliphatic heterocycles. The van der Waals surface area contributed by atoms with Crippen LogP contribution in [0.1, 0.15) is 15.4 Å². The summed E-state index contributed by atoms with van der Waals surface area (Å²) in [7, 11) is 0. The molecule has 0 unspecified atom stereocenters. The van der Waals surface area contributed by atoms with E-state index in [1.54, 1.807) is 11.3 Å². The summed E-state index contributed by atoms with van der Waals surface area (Å²) in [5.41, 5.74) is 7.76. The molecule has 0 saturated carbocycles. The Balaban J connectivity index is 2.61. The first kappa shape index (κ1) is 11.5. The zero-order valence-corrected chi connectivity index (χ0v) is 11.7. The highest BCUT2D eigenvalue weighted by atomic mass is 79.9. The Kier molecular flexibility index (Phi) is 2.99. The lowest BCUT2D eigenvalue weighted by Gasteiger charge is -2.05. The maximum Gasteiger partial charge on any atom is 0.162 e. The number of nitrogens with zero attached hydrogens (tertiary/aromatic N) is 2. The molecule has 2 N–H and O–H groups in total. The van der Waals surface area contributed by atoms with Gasteiger partial charge in [0.1, 0.15) is 5.82 Å². The first-order valence-electron chi connectivity index (χ1n) is 4.86. The number of hydrogen-bond acceptors (Lipinski definition) is 4. The van der Waals surface area contributed by atoms with Crippen molar-refractivity contribution in [3.63, 3.8) is 0 Å². The Morgan fingerprint density at radius 2 is 1.94 bits per heavy atom. The Labute approximate surface area is 107 Å². The van der Waals surface area contributed by atoms with Crippen molar-refractivity contribution in [3.05, 3.63) is 26.0 Å². The number of nitrogens with two attached hydrogens (primary N) is 1. The van der Waals surface area contributed by atoms with E-state index in [1.807, 2.05) is 6.92 Å². The summed E-state index contributed by atoms with van der Waals surface area (Å²) < 4.78 is 0.779. The molecule has 0 bridgehead atoms. The van der Waals surface area contributed by atoms with E-state index in [0.29, 0.717) is 11.6 Å². The van der Waals surface area contributed by atoms with E-state index >= 15 is 0 Å². The second kappa shape index (κ2) is 4.14. The number of thiophene rings is 1. The lowest BCUT2D eigenvalue weighted by Crippen LogP contribution is -1.99. The minimum Gasteiger partial charge on any atom is -0.383 e. The van der Waals surface area contributed by atoms with Crippen LogP contribution in [0, 0.1) is 20.8 Å². The highest BCUT2D eigenvalue weighted by Gasteiger charge is 2.12. The fourth-order valence-corrected chi connectivity index (χ4v) is 2.65. The molecule has 0 aromatic carbocycles. The summed E-state index contributed by atoms with van der Waals surface area (Å²) in [5.74, 6) is 1.20. The second-order valence-corrected chi connectivity index (χ2v) is 5.91. The summed E-state index contributed by atoms with van der Waals surface area (Å²) >= 11 is 5.11. The van der Waals surface area contributed by atoms with Crippen molar-refractivity contribution in [2.24, 2.45) is 0 Å². The number of hydrogen-bond donors (Lipinski definition) is 1. The number of aromatic nitrogens is 2. The van der Waals surface area contributed by atoms with Gasteiger partial charge in [-0.1, -0.05) is 0 Å². The maximum absolute atomic E-state index is 5.82. The largest absolute Gasteiger partial charge is 0.383 e. The minimum atomic E-state index is 0.491. The smallest absolute Gasteiger partial charge is 0.162 e. The predicted molar refractivity (Wildman–Crippen MR) is 71.7 cm³/mol. The fourth-order valence-electron chi connectivity index (χ4n) is 1.55. The van der Waals surface area contributed by atoms with Crippen molar-refractivity contribution in [3.8, 4) is 11.4 Å². The lowest BCUT2D eigenvalue weighted by molar-refractivity contribution is 1.10. The van der Waals surface area contributed by atoms with Gasteiger partial charge in [-0.25, -0.2) is 9.97 Å². The molecule has 2 rings (SSSR count). The van der Waals surface area contributed by atoms with Gasteiger partial charge in [0.2, 0.25) is 0 Å². The van der Waals surface area contributed by atoms with E-state index in [9.17, 15) is 0 Å². The van der Waals surface area contributed by atoms with Crippen LogP contribution in [0.3, 0.4) is 0 Å². The number of aryl methyl sites for hydroxylation is 3. The zero-order valence-electron chi connectivity index (χ0n) is 9.34. The van der Waals surface area contributed by atoms with Crippen molar-refractivity contribution in [2.45, 2.75) is 20.8 Å². The molecule has 0 aliphatic carbocycles. The van der Waals surface area contributed by atoms with Crippen LogP contribution < -0.4 is 5.73 Å². The van der Waals surface area contributed by atoms with Crippen LogP contribution >= 0.6 is 27.3 Å². The van der Waals surface area contributed by atoms with Gasteiger partial charge in [0.05, 0.1) is 10.2 Å². The molecule has 0 aliphatic rings. The fraction of sp³-hybridized carbons (Fsp3) is 0.273. The Morgan fingerprint density at radius 3 is 2.44 bits per heavy atom. The van der Waals surface area contributed by atoms with Crippen molar-refractivity contribution < 1.29 is 0 Å². The van der Waals surface area contributed by atoms with E-state index in [1.165, 1.54) is 9.75 Å². The average Bonchev–Trinajstić information content (AvgIpc) is 2.53. The molecule has 0 saturated heterocycles. The number of rotatable bonds is 1. The van der Waals surface area contributed by atoms with Crippen LogP contribution in [0.2, 0.25) is 0 Å². The SMILES string of the molecule is Cc1cc(-c2nc(C)c(Br)c(N)n2)c(C)s1. The topological polar surface area (TPSA) is 51.8 Å². The van der Waals surface area contributed by atoms with Gasteiger partial charge < -0.3 is 5.73 Å². The van der Waals surface area contributed by atoms with E-state index in [2.05, 4.69) is 45.8 Å². The molecule has 0 radical (unpaired) electrons. The van der Waals surface area contributed by atoms with E-state index in [4.69, 9.17) is 5.73 Å². The predicted octanol–water partition coefficient (Wildman–Crippen LogP) is 3.48. The molecule has 0 amide bonds. The molecule has 2 aromatic rings. The van der Waals surface area contributed by atoms with Crippen LogP contribution in [-0.2, 0) is 0 Å². The Morgan fingerprint density at radius 1 is 1.25 bits per heavy atom. The number of halogens is 1. The summed E-state index contributed by atoms with van der Waals surface area (Å²) in [6.07, 6.45) is 0. The van der Waals surface area contributed by atoms with Crippen LogP contribution in [0.5, 0.6) is 0 Å². The van der Waals surface area contributed by atoms with Gasteiger partial charge in [-0.2, -0.15) is 0 Å². The molecular formula is C11H12BrN3S. The Hall–Kier alpha value is -0.940. The van der Waals surface area contributed by atoms with E-state index in [0.717, 1.165) is 15.7 Å². The number of nitrogen functional groups attached to an aromatic ring is 1. The third-order valence-corrected chi connectivity index (χ3v) is 4.27. The summed E-state index contributed by atoms with van der Waals surface area (Å²) in [6.45, 7) is 6.07. The van der Waals surface area contributed by atoms with Gasteiger partial charge in [0, 0.05) is 15.3 Å². The van der Waals surface area contributed by atoms with Crippen LogP contribution in [-0.4, -0.2) is 9.97 Å². The van der Waals surface area contributed by atoms with Crippen LogP contribution in [0.25, 0.3) is 11.4 Å². The molecular weight excluding hydrogens is 286 g/mol. The maximum atomic E-state index is 5.82. The highest BCUT2D eigenvalue weighted by Crippen LogP contribution is 2.30. The first-order chi connectivity index (χ1) is 7.49. The summed E-state index contributed by atoms with van der Waals surface area (Å²) in [5, 5.41) is 0. The van der Waals surface area contributed by atoms with Crippen molar-refractivity contribution in [1.29, 1.82) is 0 Å². The lowest BCUT2D eigenvalue weighted by atomic mass is 10.2. The molecule has 5 heteroatoms. The van der Waals surface area contributed by atoms with Crippen molar-refractivity contribution in [2.75, 3.05) is 5.73 Å². The standard InChI is InChI=1S/C11H12BrN3S/c1-5-4-8(7(3)16-5)11-14-6(2)9(12)10(13)15-11/h4H,1-3H3,(H2,13,14,15). The van der Waals surface area contributed by atoms with Crippen LogP contribution in [0.15, 0.2) is 10.5 Å². The third kappa shape index (κ3) is 1.97. The molecule has 0 atom stereocenters. The average molecular weight is 298 g/mol. The second-order valence-electron chi connectivity index (χ2n) is 3.66. The van der Waals surface area contributed by atoms with Gasteiger partial charge in [-0.05, 0) is 42.8 Å². The van der Waals surface area contributed by atoms with E-state index < -0.39 is 0 Å². The molecule has 16 heavy (non-hydrogen) atoms. The van der Waals surface area contributed by atoms with Gasteiger partial charge in [-0.3, -0.25) is 0 Å². The van der Waals surface area contributed by atoms with E-state index in [-0.39, 0.29) is 0 Å². The quantitative estimate of drug-likeness (QED) is 0.877. The van der Waals surface area contributed by atoms with Gasteiger partial charge >= 0.3 is 0 Å². The summed E-state index contributed by atoms with van der Waals surface area (Å²) in [6, 6.07) is 2.10. The van der Waals surface area contributed by atoms with Gasteiger partial charge in [0.15, 0.2) is 5.82 Å². The van der Waals surface area contributed by atoms with Crippen LogP contribution in [0.4, 0.5) is 5.82 Å². The molecule has 2 aromatic heterocycles. The molecule has 3 nitrogen and oxygen atoms in total. The zero-order chi connectivity index (χ0) is 11.9. The minimum absolute atomic E-state index is 0.491. The number of anilines is 1. The first-order valence-corrected chi connectivity index (χ1v) is 6.47. The molecule has 84 valence electrons. The Bertz CT molecular complexity index is 525. The molecule has 2 heterocycles. The molecule has 0 spiro atoms. The van der Waals surface area contributed by atoms with Crippen molar-refractivity contribution >= 4 is 33.1 Å². The normalized spacial score (nSPS) is 10.8. The third-order valence-electron chi connectivity index (χ3n) is 2.32.